The van der Waals surface area contributed by atoms with Gasteiger partial charge < -0.3 is 10.0 Å². The number of likely N-dealkylation sites (tertiary alicyclic amines) is 1. The van der Waals surface area contributed by atoms with Crippen LogP contribution in [0.5, 0.6) is 0 Å². The summed E-state index contributed by atoms with van der Waals surface area (Å²) >= 11 is 0. The predicted octanol–water partition coefficient (Wildman–Crippen LogP) is 0.712. The van der Waals surface area contributed by atoms with Crippen molar-refractivity contribution in [3.05, 3.63) is 41.7 Å². The van der Waals surface area contributed by atoms with Crippen LogP contribution < -0.4 is 0 Å². The fourth-order valence-corrected chi connectivity index (χ4v) is 2.67. The van der Waals surface area contributed by atoms with Crippen LogP contribution in [-0.4, -0.2) is 49.2 Å². The van der Waals surface area contributed by atoms with E-state index in [4.69, 9.17) is 5.11 Å². The molecule has 2 aromatic rings. The Balaban J connectivity index is 1.80. The standard InChI is InChI=1S/C14H17N5O2/c20-7-3-10-8-11(18-17-10)13-2-1-6-19(13)14(21)12-9-15-4-5-16-12/h4-5,8-9,13,20H,1-3,6-7H2,(H,17,18)/t13-/m0/s1. The lowest BCUT2D eigenvalue weighted by Crippen LogP contribution is -2.31. The minimum atomic E-state index is -0.114. The summed E-state index contributed by atoms with van der Waals surface area (Å²) in [6.07, 6.45) is 6.92. The van der Waals surface area contributed by atoms with Gasteiger partial charge >= 0.3 is 0 Å². The lowest BCUT2D eigenvalue weighted by atomic mass is 10.1. The quantitative estimate of drug-likeness (QED) is 0.863. The van der Waals surface area contributed by atoms with E-state index in [9.17, 15) is 4.79 Å². The fraction of sp³-hybridized carbons (Fsp3) is 0.429. The molecule has 2 N–H and O–H groups in total. The molecule has 1 atom stereocenters. The van der Waals surface area contributed by atoms with Crippen LogP contribution in [0, 0.1) is 0 Å². The van der Waals surface area contributed by atoms with Crippen LogP contribution in [0.3, 0.4) is 0 Å². The van der Waals surface area contributed by atoms with Gasteiger partial charge in [0.1, 0.15) is 5.69 Å². The predicted molar refractivity (Wildman–Crippen MR) is 74.4 cm³/mol. The summed E-state index contributed by atoms with van der Waals surface area (Å²) in [5, 5.41) is 16.1. The van der Waals surface area contributed by atoms with Crippen molar-refractivity contribution in [2.24, 2.45) is 0 Å². The smallest absolute Gasteiger partial charge is 0.274 e. The summed E-state index contributed by atoms with van der Waals surface area (Å²) in [5.41, 5.74) is 2.08. The molecule has 0 radical (unpaired) electrons. The number of rotatable bonds is 4. The highest BCUT2D eigenvalue weighted by Gasteiger charge is 2.32. The molecular weight excluding hydrogens is 270 g/mol. The largest absolute Gasteiger partial charge is 0.396 e. The summed E-state index contributed by atoms with van der Waals surface area (Å²) in [6.45, 7) is 0.775. The maximum atomic E-state index is 12.5. The Labute approximate surface area is 122 Å². The first kappa shape index (κ1) is 13.7. The summed E-state index contributed by atoms with van der Waals surface area (Å²) < 4.78 is 0. The molecule has 3 heterocycles. The first-order valence-corrected chi connectivity index (χ1v) is 7.01. The van der Waals surface area contributed by atoms with Gasteiger partial charge in [0.25, 0.3) is 5.91 Å². The number of aromatic amines is 1. The average molecular weight is 287 g/mol. The van der Waals surface area contributed by atoms with Crippen molar-refractivity contribution < 1.29 is 9.90 Å². The average Bonchev–Trinajstić information content (AvgIpc) is 3.16. The molecule has 1 aliphatic heterocycles. The third-order valence-corrected chi connectivity index (χ3v) is 3.67. The number of aliphatic hydroxyl groups excluding tert-OH is 1. The lowest BCUT2D eigenvalue weighted by molar-refractivity contribution is 0.0726. The number of nitrogens with one attached hydrogen (secondary N) is 1. The Morgan fingerprint density at radius 1 is 1.48 bits per heavy atom. The van der Waals surface area contributed by atoms with Gasteiger partial charge in [0.2, 0.25) is 0 Å². The number of aromatic nitrogens is 4. The molecule has 0 bridgehead atoms. The molecule has 7 heteroatoms. The number of aliphatic hydroxyl groups is 1. The van der Waals surface area contributed by atoms with Crippen molar-refractivity contribution in [3.63, 3.8) is 0 Å². The number of carbonyl (C=O) groups is 1. The van der Waals surface area contributed by atoms with Gasteiger partial charge in [-0.05, 0) is 18.9 Å². The molecule has 0 saturated carbocycles. The van der Waals surface area contributed by atoms with Crippen LogP contribution in [0.4, 0.5) is 0 Å². The van der Waals surface area contributed by atoms with Gasteiger partial charge in [-0.3, -0.25) is 14.9 Å². The van der Waals surface area contributed by atoms with Gasteiger partial charge in [0.15, 0.2) is 0 Å². The zero-order chi connectivity index (χ0) is 14.7. The number of H-pyrrole nitrogens is 1. The first-order chi connectivity index (χ1) is 10.3. The normalized spacial score (nSPS) is 18.1. The Morgan fingerprint density at radius 2 is 2.38 bits per heavy atom. The van der Waals surface area contributed by atoms with Gasteiger partial charge in [-0.25, -0.2) is 4.98 Å². The molecule has 1 aliphatic rings. The molecule has 21 heavy (non-hydrogen) atoms. The van der Waals surface area contributed by atoms with E-state index in [2.05, 4.69) is 20.2 Å². The maximum absolute atomic E-state index is 12.5. The molecule has 0 aromatic carbocycles. The van der Waals surface area contributed by atoms with Crippen LogP contribution >= 0.6 is 0 Å². The topological polar surface area (TPSA) is 95.0 Å². The highest BCUT2D eigenvalue weighted by atomic mass is 16.3. The lowest BCUT2D eigenvalue weighted by Gasteiger charge is -2.22. The zero-order valence-corrected chi connectivity index (χ0v) is 11.6. The summed E-state index contributed by atoms with van der Waals surface area (Å²) in [6, 6.07) is 1.88. The SMILES string of the molecule is O=C(c1cnccn1)N1CCC[C@H]1c1cc(CCO)[nH]n1. The van der Waals surface area contributed by atoms with Gasteiger partial charge in [-0.15, -0.1) is 0 Å². The van der Waals surface area contributed by atoms with E-state index in [1.54, 1.807) is 11.1 Å². The Morgan fingerprint density at radius 3 is 3.14 bits per heavy atom. The van der Waals surface area contributed by atoms with Crippen LogP contribution in [0.25, 0.3) is 0 Å². The third-order valence-electron chi connectivity index (χ3n) is 3.67. The van der Waals surface area contributed by atoms with Gasteiger partial charge in [-0.2, -0.15) is 5.10 Å². The molecule has 0 aliphatic carbocycles. The van der Waals surface area contributed by atoms with Crippen molar-refractivity contribution in [1.82, 2.24) is 25.1 Å². The minimum Gasteiger partial charge on any atom is -0.396 e. The van der Waals surface area contributed by atoms with Gasteiger partial charge in [-0.1, -0.05) is 0 Å². The third kappa shape index (κ3) is 2.78. The number of carbonyl (C=O) groups excluding carboxylic acids is 1. The van der Waals surface area contributed by atoms with Crippen LogP contribution in [0.15, 0.2) is 24.7 Å². The monoisotopic (exact) mass is 287 g/mol. The van der Waals surface area contributed by atoms with Crippen molar-refractivity contribution in [3.8, 4) is 0 Å². The molecule has 3 rings (SSSR count). The Hall–Kier alpha value is -2.28. The fourth-order valence-electron chi connectivity index (χ4n) is 2.67. The van der Waals surface area contributed by atoms with E-state index in [0.717, 1.165) is 24.2 Å². The second-order valence-corrected chi connectivity index (χ2v) is 5.04. The second kappa shape index (κ2) is 6.01. The summed E-state index contributed by atoms with van der Waals surface area (Å²) in [4.78, 5) is 22.3. The van der Waals surface area contributed by atoms with Crippen LogP contribution in [0.1, 0.15) is 40.8 Å². The first-order valence-electron chi connectivity index (χ1n) is 7.01. The number of amides is 1. The molecule has 1 saturated heterocycles. The zero-order valence-electron chi connectivity index (χ0n) is 11.6. The Kier molecular flexibility index (Phi) is 3.92. The number of hydrogen-bond donors (Lipinski definition) is 2. The molecule has 1 amide bonds. The highest BCUT2D eigenvalue weighted by Crippen LogP contribution is 2.32. The minimum absolute atomic E-state index is 0.0387. The second-order valence-electron chi connectivity index (χ2n) is 5.04. The van der Waals surface area contributed by atoms with Crippen molar-refractivity contribution in [1.29, 1.82) is 0 Å². The maximum Gasteiger partial charge on any atom is 0.274 e. The van der Waals surface area contributed by atoms with E-state index >= 15 is 0 Å². The molecule has 0 spiro atoms. The van der Waals surface area contributed by atoms with E-state index in [-0.39, 0.29) is 18.6 Å². The van der Waals surface area contributed by atoms with Gasteiger partial charge in [0.05, 0.1) is 17.9 Å². The van der Waals surface area contributed by atoms with E-state index in [1.165, 1.54) is 12.4 Å². The molecule has 110 valence electrons. The van der Waals surface area contributed by atoms with E-state index in [1.807, 2.05) is 6.07 Å². The molecule has 2 aromatic heterocycles. The van der Waals surface area contributed by atoms with Crippen molar-refractivity contribution in [2.45, 2.75) is 25.3 Å². The van der Waals surface area contributed by atoms with Crippen LogP contribution in [-0.2, 0) is 6.42 Å². The number of nitrogens with zero attached hydrogens (tertiary/aromatic N) is 4. The van der Waals surface area contributed by atoms with Crippen molar-refractivity contribution >= 4 is 5.91 Å². The molecule has 0 unspecified atom stereocenters. The van der Waals surface area contributed by atoms with Crippen LogP contribution in [0.2, 0.25) is 0 Å². The summed E-state index contributed by atoms with van der Waals surface area (Å²) in [5.74, 6) is -0.114. The van der Waals surface area contributed by atoms with E-state index < -0.39 is 0 Å². The molecule has 1 fully saturated rings. The van der Waals surface area contributed by atoms with Gasteiger partial charge in [0, 0.05) is 37.7 Å². The summed E-state index contributed by atoms with van der Waals surface area (Å²) in [7, 11) is 0. The highest BCUT2D eigenvalue weighted by molar-refractivity contribution is 5.92. The van der Waals surface area contributed by atoms with E-state index in [0.29, 0.717) is 18.7 Å². The molecular formula is C14H17N5O2. The number of hydrogen-bond acceptors (Lipinski definition) is 5. The Bertz CT molecular complexity index is 613. The molecule has 7 nitrogen and oxygen atoms in total. The van der Waals surface area contributed by atoms with Crippen molar-refractivity contribution in [2.75, 3.05) is 13.2 Å².